The normalized spacial score (nSPS) is 14.6. The summed E-state index contributed by atoms with van der Waals surface area (Å²) in [6.07, 6.45) is 4.63. The van der Waals surface area contributed by atoms with Crippen LogP contribution in [0.4, 0.5) is 4.39 Å². The Bertz CT molecular complexity index is 1120. The van der Waals surface area contributed by atoms with Gasteiger partial charge in [-0.25, -0.2) is 4.39 Å². The maximum atomic E-state index is 13.4. The number of carbonyl (C=O) groups excluding carboxylic acids is 2. The minimum absolute atomic E-state index is 0.143. The summed E-state index contributed by atoms with van der Waals surface area (Å²) in [4.78, 5) is 28.1. The molecular weight excluding hydrogens is 431 g/mol. The van der Waals surface area contributed by atoms with Gasteiger partial charge in [0.25, 0.3) is 5.91 Å². The molecule has 0 radical (unpaired) electrons. The van der Waals surface area contributed by atoms with Gasteiger partial charge in [-0.15, -0.1) is 0 Å². The number of halogens is 1. The average Bonchev–Trinajstić information content (AvgIpc) is 3.36. The predicted octanol–water partition coefficient (Wildman–Crippen LogP) is 5.22. The van der Waals surface area contributed by atoms with E-state index in [2.05, 4.69) is 5.32 Å². The van der Waals surface area contributed by atoms with Gasteiger partial charge in [0.2, 0.25) is 5.91 Å². The molecule has 1 aliphatic rings. The quantitative estimate of drug-likeness (QED) is 0.474. The van der Waals surface area contributed by atoms with Crippen LogP contribution in [-0.4, -0.2) is 35.4 Å². The first-order chi connectivity index (χ1) is 16.5. The lowest BCUT2D eigenvalue weighted by Gasteiger charge is -2.31. The SMILES string of the molecule is CC[C@@H](C(=O)NC1CCCC1)N(Cc1ccc(F)cc1)C(=O)COc1cccc2ccccc12. The number of hydrogen-bond donors (Lipinski definition) is 1. The van der Waals surface area contributed by atoms with Gasteiger partial charge in [-0.3, -0.25) is 9.59 Å². The van der Waals surface area contributed by atoms with E-state index in [1.165, 1.54) is 12.1 Å². The highest BCUT2D eigenvalue weighted by molar-refractivity contribution is 5.90. The summed E-state index contributed by atoms with van der Waals surface area (Å²) in [7, 11) is 0. The summed E-state index contributed by atoms with van der Waals surface area (Å²) in [5.41, 5.74) is 0.757. The fourth-order valence-corrected chi connectivity index (χ4v) is 4.62. The molecule has 34 heavy (non-hydrogen) atoms. The molecule has 1 saturated carbocycles. The number of fused-ring (bicyclic) bond motifs is 1. The van der Waals surface area contributed by atoms with Gasteiger partial charge < -0.3 is 15.0 Å². The van der Waals surface area contributed by atoms with E-state index in [-0.39, 0.29) is 36.8 Å². The third kappa shape index (κ3) is 5.74. The zero-order chi connectivity index (χ0) is 23.9. The van der Waals surface area contributed by atoms with E-state index in [0.29, 0.717) is 12.2 Å². The second kappa shape index (κ2) is 11.1. The summed E-state index contributed by atoms with van der Waals surface area (Å²) in [5, 5.41) is 5.08. The Kier molecular flexibility index (Phi) is 7.78. The first-order valence-corrected chi connectivity index (χ1v) is 12.0. The van der Waals surface area contributed by atoms with Crippen LogP contribution in [0.2, 0.25) is 0 Å². The van der Waals surface area contributed by atoms with Crippen molar-refractivity contribution in [2.75, 3.05) is 6.61 Å². The smallest absolute Gasteiger partial charge is 0.261 e. The van der Waals surface area contributed by atoms with Gasteiger partial charge in [-0.2, -0.15) is 0 Å². The van der Waals surface area contributed by atoms with Crippen molar-refractivity contribution in [3.05, 3.63) is 78.1 Å². The van der Waals surface area contributed by atoms with Crippen LogP contribution in [0, 0.1) is 5.82 Å². The molecule has 1 fully saturated rings. The largest absolute Gasteiger partial charge is 0.483 e. The molecular formula is C28H31FN2O3. The van der Waals surface area contributed by atoms with E-state index >= 15 is 0 Å². The summed E-state index contributed by atoms with van der Waals surface area (Å²) in [6.45, 7) is 1.91. The Morgan fingerprint density at radius 2 is 1.74 bits per heavy atom. The van der Waals surface area contributed by atoms with E-state index in [0.717, 1.165) is 42.0 Å². The van der Waals surface area contributed by atoms with Crippen LogP contribution >= 0.6 is 0 Å². The lowest BCUT2D eigenvalue weighted by atomic mass is 10.1. The highest BCUT2D eigenvalue weighted by Gasteiger charge is 2.31. The molecule has 0 aromatic heterocycles. The van der Waals surface area contributed by atoms with Gasteiger partial charge >= 0.3 is 0 Å². The number of rotatable bonds is 9. The molecule has 5 nitrogen and oxygen atoms in total. The predicted molar refractivity (Wildman–Crippen MR) is 131 cm³/mol. The van der Waals surface area contributed by atoms with Crippen LogP contribution in [0.5, 0.6) is 5.75 Å². The number of carbonyl (C=O) groups is 2. The van der Waals surface area contributed by atoms with Crippen molar-refractivity contribution in [1.82, 2.24) is 10.2 Å². The van der Waals surface area contributed by atoms with Gasteiger partial charge in [0.1, 0.15) is 17.6 Å². The van der Waals surface area contributed by atoms with Gasteiger partial charge in [0.05, 0.1) is 0 Å². The molecule has 3 aromatic carbocycles. The minimum Gasteiger partial charge on any atom is -0.483 e. The lowest BCUT2D eigenvalue weighted by Crippen LogP contribution is -2.52. The molecule has 0 heterocycles. The molecule has 1 atom stereocenters. The number of benzene rings is 3. The molecule has 3 aromatic rings. The van der Waals surface area contributed by atoms with Gasteiger partial charge in [0.15, 0.2) is 6.61 Å². The van der Waals surface area contributed by atoms with E-state index in [1.807, 2.05) is 49.4 Å². The van der Waals surface area contributed by atoms with Crippen LogP contribution in [-0.2, 0) is 16.1 Å². The molecule has 2 amide bonds. The van der Waals surface area contributed by atoms with Crippen molar-refractivity contribution in [2.45, 2.75) is 57.7 Å². The van der Waals surface area contributed by atoms with Crippen LogP contribution in [0.1, 0.15) is 44.6 Å². The fourth-order valence-electron chi connectivity index (χ4n) is 4.62. The number of ether oxygens (including phenoxy) is 1. The Labute approximate surface area is 199 Å². The minimum atomic E-state index is -0.630. The standard InChI is InChI=1S/C28H31FN2O3/c1-2-25(28(33)30-23-10-4-5-11-23)31(18-20-14-16-22(29)17-15-20)27(32)19-34-26-13-7-9-21-8-3-6-12-24(21)26/h3,6-9,12-17,23,25H,2,4-5,10-11,18-19H2,1H3,(H,30,33)/t25-/m0/s1. The molecule has 0 bridgehead atoms. The van der Waals surface area contributed by atoms with Crippen molar-refractivity contribution in [3.63, 3.8) is 0 Å². The number of hydrogen-bond acceptors (Lipinski definition) is 3. The van der Waals surface area contributed by atoms with E-state index < -0.39 is 6.04 Å². The third-order valence-electron chi connectivity index (χ3n) is 6.45. The summed E-state index contributed by atoms with van der Waals surface area (Å²) in [5.74, 6) is -0.149. The zero-order valence-electron chi connectivity index (χ0n) is 19.5. The van der Waals surface area contributed by atoms with Crippen LogP contribution in [0.3, 0.4) is 0 Å². The second-order valence-electron chi connectivity index (χ2n) is 8.83. The topological polar surface area (TPSA) is 58.6 Å². The molecule has 0 unspecified atom stereocenters. The van der Waals surface area contributed by atoms with Crippen molar-refractivity contribution in [3.8, 4) is 5.75 Å². The Hall–Kier alpha value is -3.41. The van der Waals surface area contributed by atoms with E-state index in [9.17, 15) is 14.0 Å². The van der Waals surface area contributed by atoms with Crippen molar-refractivity contribution in [1.29, 1.82) is 0 Å². The van der Waals surface area contributed by atoms with Gasteiger partial charge in [-0.1, -0.05) is 68.3 Å². The number of amides is 2. The van der Waals surface area contributed by atoms with Crippen LogP contribution in [0.15, 0.2) is 66.7 Å². The molecule has 0 saturated heterocycles. The molecule has 1 N–H and O–H groups in total. The average molecular weight is 463 g/mol. The Morgan fingerprint density at radius 1 is 1.03 bits per heavy atom. The highest BCUT2D eigenvalue weighted by atomic mass is 19.1. The lowest BCUT2D eigenvalue weighted by molar-refractivity contribution is -0.143. The molecule has 178 valence electrons. The van der Waals surface area contributed by atoms with Crippen molar-refractivity contribution in [2.24, 2.45) is 0 Å². The van der Waals surface area contributed by atoms with Crippen molar-refractivity contribution >= 4 is 22.6 Å². The maximum Gasteiger partial charge on any atom is 0.261 e. The molecule has 0 spiro atoms. The van der Waals surface area contributed by atoms with Crippen LogP contribution < -0.4 is 10.1 Å². The molecule has 6 heteroatoms. The van der Waals surface area contributed by atoms with Crippen molar-refractivity contribution < 1.29 is 18.7 Å². The Morgan fingerprint density at radius 3 is 2.47 bits per heavy atom. The number of nitrogens with one attached hydrogen (secondary N) is 1. The molecule has 1 aliphatic carbocycles. The first kappa shape index (κ1) is 23.7. The summed E-state index contributed by atoms with van der Waals surface area (Å²) >= 11 is 0. The summed E-state index contributed by atoms with van der Waals surface area (Å²) in [6, 6.07) is 19.1. The third-order valence-corrected chi connectivity index (χ3v) is 6.45. The van der Waals surface area contributed by atoms with Crippen LogP contribution in [0.25, 0.3) is 10.8 Å². The van der Waals surface area contributed by atoms with E-state index in [1.54, 1.807) is 17.0 Å². The first-order valence-electron chi connectivity index (χ1n) is 12.0. The maximum absolute atomic E-state index is 13.4. The molecule has 0 aliphatic heterocycles. The van der Waals surface area contributed by atoms with Gasteiger partial charge in [-0.05, 0) is 48.4 Å². The Balaban J connectivity index is 1.53. The second-order valence-corrected chi connectivity index (χ2v) is 8.83. The summed E-state index contributed by atoms with van der Waals surface area (Å²) < 4.78 is 19.4. The molecule has 4 rings (SSSR count). The highest BCUT2D eigenvalue weighted by Crippen LogP contribution is 2.25. The van der Waals surface area contributed by atoms with E-state index in [4.69, 9.17) is 4.74 Å². The fraction of sp³-hybridized carbons (Fsp3) is 0.357. The zero-order valence-corrected chi connectivity index (χ0v) is 19.5. The number of nitrogens with zero attached hydrogens (tertiary/aromatic N) is 1. The monoisotopic (exact) mass is 462 g/mol. The van der Waals surface area contributed by atoms with Gasteiger partial charge in [0, 0.05) is 18.0 Å².